The molecule has 3 nitrogen and oxygen atoms in total. The fourth-order valence-corrected chi connectivity index (χ4v) is 2.81. The van der Waals surface area contributed by atoms with E-state index in [-0.39, 0.29) is 5.91 Å². The first kappa shape index (κ1) is 15.0. The Bertz CT molecular complexity index is 291. The summed E-state index contributed by atoms with van der Waals surface area (Å²) in [6, 6.07) is 0.559. The standard InChI is InChI=1S/C15H26N2O/c1-5-9-16(10-6-2)15(18)12-17-11-8-13(4)14(17)7-3/h5-6,13-14H,1-2,7-12H2,3-4H3/t13-,14-/m1/s1. The Morgan fingerprint density at radius 1 is 1.39 bits per heavy atom. The smallest absolute Gasteiger partial charge is 0.237 e. The van der Waals surface area contributed by atoms with Crippen molar-refractivity contribution in [1.29, 1.82) is 0 Å². The summed E-state index contributed by atoms with van der Waals surface area (Å²) in [6.07, 6.45) is 5.86. The van der Waals surface area contributed by atoms with Gasteiger partial charge in [-0.05, 0) is 25.3 Å². The average Bonchev–Trinajstić information content (AvgIpc) is 2.69. The SMILES string of the molecule is C=CCN(CC=C)C(=O)CN1CC[C@@H](C)[C@H]1CC. The molecule has 0 N–H and O–H groups in total. The molecule has 1 rings (SSSR count). The van der Waals surface area contributed by atoms with Crippen molar-refractivity contribution in [3.63, 3.8) is 0 Å². The lowest BCUT2D eigenvalue weighted by molar-refractivity contribution is -0.131. The third kappa shape index (κ3) is 3.70. The van der Waals surface area contributed by atoms with Gasteiger partial charge in [0.15, 0.2) is 0 Å². The maximum absolute atomic E-state index is 12.2. The van der Waals surface area contributed by atoms with E-state index in [4.69, 9.17) is 0 Å². The monoisotopic (exact) mass is 250 g/mol. The predicted octanol–water partition coefficient (Wildman–Crippen LogP) is 2.31. The minimum atomic E-state index is 0.183. The van der Waals surface area contributed by atoms with Crippen LogP contribution in [0.25, 0.3) is 0 Å². The zero-order chi connectivity index (χ0) is 13.5. The first-order chi connectivity index (χ1) is 8.63. The summed E-state index contributed by atoms with van der Waals surface area (Å²) in [6.45, 7) is 14.7. The fraction of sp³-hybridized carbons (Fsp3) is 0.667. The van der Waals surface area contributed by atoms with Gasteiger partial charge in [0.1, 0.15) is 0 Å². The second kappa shape index (κ2) is 7.37. The highest BCUT2D eigenvalue weighted by atomic mass is 16.2. The fourth-order valence-electron chi connectivity index (χ4n) is 2.81. The molecule has 0 spiro atoms. The number of hydrogen-bond donors (Lipinski definition) is 0. The molecule has 0 bridgehead atoms. The molecular weight excluding hydrogens is 224 g/mol. The summed E-state index contributed by atoms with van der Waals surface area (Å²) in [5, 5.41) is 0. The van der Waals surface area contributed by atoms with Crippen molar-refractivity contribution in [3.8, 4) is 0 Å². The Hall–Kier alpha value is -1.09. The molecule has 1 fully saturated rings. The summed E-state index contributed by atoms with van der Waals surface area (Å²) in [5.74, 6) is 0.886. The Balaban J connectivity index is 2.56. The van der Waals surface area contributed by atoms with Crippen molar-refractivity contribution in [2.75, 3.05) is 26.2 Å². The van der Waals surface area contributed by atoms with Crippen LogP contribution in [0.3, 0.4) is 0 Å². The molecule has 0 radical (unpaired) electrons. The van der Waals surface area contributed by atoms with Crippen molar-refractivity contribution in [1.82, 2.24) is 9.80 Å². The first-order valence-electron chi connectivity index (χ1n) is 6.87. The number of hydrogen-bond acceptors (Lipinski definition) is 2. The van der Waals surface area contributed by atoms with Crippen LogP contribution < -0.4 is 0 Å². The number of carbonyl (C=O) groups is 1. The molecule has 1 aliphatic heterocycles. The Morgan fingerprint density at radius 2 is 2.00 bits per heavy atom. The van der Waals surface area contributed by atoms with Gasteiger partial charge in [-0.25, -0.2) is 0 Å². The lowest BCUT2D eigenvalue weighted by Gasteiger charge is -2.28. The van der Waals surface area contributed by atoms with Gasteiger partial charge in [0.05, 0.1) is 6.54 Å². The van der Waals surface area contributed by atoms with E-state index in [1.54, 1.807) is 17.1 Å². The van der Waals surface area contributed by atoms with Gasteiger partial charge in [0, 0.05) is 19.1 Å². The quantitative estimate of drug-likeness (QED) is 0.647. The van der Waals surface area contributed by atoms with Crippen LogP contribution in [0.15, 0.2) is 25.3 Å². The van der Waals surface area contributed by atoms with Crippen molar-refractivity contribution in [2.45, 2.75) is 32.7 Å². The largest absolute Gasteiger partial charge is 0.334 e. The normalized spacial score (nSPS) is 23.9. The average molecular weight is 250 g/mol. The summed E-state index contributed by atoms with van der Waals surface area (Å²) >= 11 is 0. The van der Waals surface area contributed by atoms with Gasteiger partial charge in [-0.15, -0.1) is 13.2 Å². The van der Waals surface area contributed by atoms with Crippen LogP contribution in [0.1, 0.15) is 26.7 Å². The zero-order valence-corrected chi connectivity index (χ0v) is 11.8. The molecule has 0 aromatic rings. The molecular formula is C15H26N2O. The number of nitrogens with zero attached hydrogens (tertiary/aromatic N) is 2. The molecule has 102 valence electrons. The van der Waals surface area contributed by atoms with Gasteiger partial charge in [-0.3, -0.25) is 9.69 Å². The van der Waals surface area contributed by atoms with E-state index in [0.29, 0.717) is 31.6 Å². The lowest BCUT2D eigenvalue weighted by Crippen LogP contribution is -2.43. The highest BCUT2D eigenvalue weighted by Crippen LogP contribution is 2.25. The molecule has 3 heteroatoms. The van der Waals surface area contributed by atoms with E-state index in [0.717, 1.165) is 13.0 Å². The van der Waals surface area contributed by atoms with Gasteiger partial charge < -0.3 is 4.90 Å². The van der Waals surface area contributed by atoms with Crippen LogP contribution in [0.4, 0.5) is 0 Å². The maximum atomic E-state index is 12.2. The van der Waals surface area contributed by atoms with Gasteiger partial charge in [-0.1, -0.05) is 26.0 Å². The van der Waals surface area contributed by atoms with Crippen LogP contribution in [0.5, 0.6) is 0 Å². The lowest BCUT2D eigenvalue weighted by atomic mass is 10.0. The second-order valence-corrected chi connectivity index (χ2v) is 5.09. The molecule has 0 aromatic carbocycles. The van der Waals surface area contributed by atoms with Gasteiger partial charge in [0.2, 0.25) is 5.91 Å². The Morgan fingerprint density at radius 3 is 2.50 bits per heavy atom. The Labute approximate surface area is 111 Å². The van der Waals surface area contributed by atoms with Crippen LogP contribution in [-0.4, -0.2) is 47.9 Å². The van der Waals surface area contributed by atoms with E-state index < -0.39 is 0 Å². The van der Waals surface area contributed by atoms with Gasteiger partial charge in [0.25, 0.3) is 0 Å². The van der Waals surface area contributed by atoms with E-state index >= 15 is 0 Å². The highest BCUT2D eigenvalue weighted by molar-refractivity contribution is 5.78. The second-order valence-electron chi connectivity index (χ2n) is 5.09. The van der Waals surface area contributed by atoms with Crippen LogP contribution in [0.2, 0.25) is 0 Å². The Kier molecular flexibility index (Phi) is 6.13. The number of amides is 1. The van der Waals surface area contributed by atoms with Gasteiger partial charge in [-0.2, -0.15) is 0 Å². The molecule has 1 heterocycles. The highest BCUT2D eigenvalue weighted by Gasteiger charge is 2.31. The molecule has 2 atom stereocenters. The van der Waals surface area contributed by atoms with Crippen molar-refractivity contribution in [3.05, 3.63) is 25.3 Å². The molecule has 0 aliphatic carbocycles. The number of likely N-dealkylation sites (tertiary alicyclic amines) is 1. The number of rotatable bonds is 7. The summed E-state index contributed by atoms with van der Waals surface area (Å²) in [5.41, 5.74) is 0. The van der Waals surface area contributed by atoms with E-state index in [9.17, 15) is 4.79 Å². The summed E-state index contributed by atoms with van der Waals surface area (Å²) in [4.78, 5) is 16.4. The number of carbonyl (C=O) groups excluding carboxylic acids is 1. The topological polar surface area (TPSA) is 23.6 Å². The van der Waals surface area contributed by atoms with Crippen molar-refractivity contribution < 1.29 is 4.79 Å². The van der Waals surface area contributed by atoms with Crippen molar-refractivity contribution in [2.24, 2.45) is 5.92 Å². The zero-order valence-electron chi connectivity index (χ0n) is 11.8. The van der Waals surface area contributed by atoms with E-state index in [2.05, 4.69) is 31.9 Å². The van der Waals surface area contributed by atoms with Crippen LogP contribution in [-0.2, 0) is 4.79 Å². The molecule has 1 amide bonds. The van der Waals surface area contributed by atoms with E-state index in [1.807, 2.05) is 0 Å². The minimum Gasteiger partial charge on any atom is -0.334 e. The summed E-state index contributed by atoms with van der Waals surface area (Å²) < 4.78 is 0. The van der Waals surface area contributed by atoms with Crippen LogP contribution >= 0.6 is 0 Å². The molecule has 0 aromatic heterocycles. The predicted molar refractivity (Wildman–Crippen MR) is 76.4 cm³/mol. The first-order valence-corrected chi connectivity index (χ1v) is 6.87. The van der Waals surface area contributed by atoms with E-state index in [1.165, 1.54) is 6.42 Å². The molecule has 1 saturated heterocycles. The maximum Gasteiger partial charge on any atom is 0.237 e. The van der Waals surface area contributed by atoms with Crippen LogP contribution in [0, 0.1) is 5.92 Å². The van der Waals surface area contributed by atoms with Gasteiger partial charge >= 0.3 is 0 Å². The molecule has 1 aliphatic rings. The molecule has 18 heavy (non-hydrogen) atoms. The third-order valence-electron chi connectivity index (χ3n) is 3.81. The van der Waals surface area contributed by atoms with Crippen molar-refractivity contribution >= 4 is 5.91 Å². The molecule has 0 unspecified atom stereocenters. The third-order valence-corrected chi connectivity index (χ3v) is 3.81. The molecule has 0 saturated carbocycles. The minimum absolute atomic E-state index is 0.183. The summed E-state index contributed by atoms with van der Waals surface area (Å²) in [7, 11) is 0.